The Hall–Kier alpha value is -0.680. The van der Waals surface area contributed by atoms with Crippen molar-refractivity contribution in [1.29, 1.82) is 0 Å². The molecule has 14 heavy (non-hydrogen) atoms. The van der Waals surface area contributed by atoms with E-state index in [1.54, 1.807) is 10.9 Å². The van der Waals surface area contributed by atoms with Crippen molar-refractivity contribution in [3.8, 4) is 0 Å². The van der Waals surface area contributed by atoms with Crippen LogP contribution in [0.1, 0.15) is 5.01 Å². The number of nitrogens with zero attached hydrogens (tertiary/aromatic N) is 3. The molecule has 0 saturated heterocycles. The van der Waals surface area contributed by atoms with Crippen LogP contribution in [0.15, 0.2) is 10.9 Å². The second-order valence-electron chi connectivity index (χ2n) is 2.26. The minimum absolute atomic E-state index is 0.575. The van der Waals surface area contributed by atoms with Crippen molar-refractivity contribution in [1.82, 2.24) is 19.4 Å². The largest absolute Gasteiger partial charge is 0.304 e. The summed E-state index contributed by atoms with van der Waals surface area (Å²) in [6.07, 6.45) is 0. The van der Waals surface area contributed by atoms with Crippen LogP contribution < -0.4 is 10.6 Å². The van der Waals surface area contributed by atoms with Gasteiger partial charge in [-0.05, 0) is 15.8 Å². The molecule has 3 N–H and O–H groups in total. The molecule has 0 aromatic carbocycles. The van der Waals surface area contributed by atoms with Crippen LogP contribution in [0, 0.1) is 0 Å². The molecule has 76 valence electrons. The molecule has 1 aromatic heterocycles. The maximum absolute atomic E-state index is 10.9. The van der Waals surface area contributed by atoms with Gasteiger partial charge in [-0.2, -0.15) is 8.42 Å². The van der Waals surface area contributed by atoms with Gasteiger partial charge in [0.05, 0.1) is 5.70 Å². The lowest BCUT2D eigenvalue weighted by molar-refractivity contribution is 0.526. The van der Waals surface area contributed by atoms with Gasteiger partial charge >= 0.3 is 10.2 Å². The first-order valence-electron chi connectivity index (χ1n) is 3.30. The number of hydrogen-bond donors (Lipinski definition) is 2. The van der Waals surface area contributed by atoms with Gasteiger partial charge in [0, 0.05) is 5.41 Å². The fraction of sp³-hybridized carbons (Fsp3) is 0. The van der Waals surface area contributed by atoms with E-state index >= 15 is 0 Å². The molecule has 0 bridgehead atoms. The van der Waals surface area contributed by atoms with Crippen molar-refractivity contribution in [3.05, 3.63) is 15.9 Å². The van der Waals surface area contributed by atoms with Gasteiger partial charge in [0.2, 0.25) is 0 Å². The predicted molar refractivity (Wildman–Crippen MR) is 53.6 cm³/mol. The van der Waals surface area contributed by atoms with E-state index in [-0.39, 0.29) is 0 Å². The Morgan fingerprint density at radius 3 is 2.86 bits per heavy atom. The average molecular weight is 251 g/mol. The summed E-state index contributed by atoms with van der Waals surface area (Å²) in [7, 11) is -3.74. The molecule has 0 radical (unpaired) electrons. The van der Waals surface area contributed by atoms with E-state index in [0.717, 1.165) is 15.8 Å². The Morgan fingerprint density at radius 1 is 1.57 bits per heavy atom. The number of nitrogens with one attached hydrogen (secondary N) is 1. The zero-order valence-corrected chi connectivity index (χ0v) is 9.06. The Kier molecular flexibility index (Phi) is 2.45. The molecule has 2 rings (SSSR count). The number of aromatic nitrogens is 2. The van der Waals surface area contributed by atoms with Crippen molar-refractivity contribution in [2.45, 2.75) is 0 Å². The van der Waals surface area contributed by atoms with Crippen molar-refractivity contribution < 1.29 is 8.42 Å². The Morgan fingerprint density at radius 2 is 2.36 bits per heavy atom. The zero-order valence-electron chi connectivity index (χ0n) is 6.61. The van der Waals surface area contributed by atoms with Crippen LogP contribution in [-0.4, -0.2) is 22.4 Å². The van der Waals surface area contributed by atoms with Crippen LogP contribution in [0.3, 0.4) is 0 Å². The van der Waals surface area contributed by atoms with E-state index in [1.165, 1.54) is 11.3 Å². The lowest BCUT2D eigenvalue weighted by Crippen LogP contribution is -2.37. The standard InChI is InChI=1S/C4H5N5O2S3/c5-14(10,11)9-8-3(1-13-9)4-7-6-2-12-4/h1-2,8H,(H2,5,10,11). The summed E-state index contributed by atoms with van der Waals surface area (Å²) < 4.78 is 22.7. The quantitative estimate of drug-likeness (QED) is 0.688. The molecule has 0 amide bonds. The van der Waals surface area contributed by atoms with Crippen LogP contribution in [0.25, 0.3) is 5.70 Å². The lowest BCUT2D eigenvalue weighted by Gasteiger charge is -2.11. The van der Waals surface area contributed by atoms with E-state index < -0.39 is 10.2 Å². The van der Waals surface area contributed by atoms with Gasteiger partial charge in [0.25, 0.3) is 0 Å². The molecule has 1 aromatic rings. The molecule has 0 atom stereocenters. The van der Waals surface area contributed by atoms with Gasteiger partial charge in [0.1, 0.15) is 5.51 Å². The van der Waals surface area contributed by atoms with Gasteiger partial charge in [-0.3, -0.25) is 5.43 Å². The van der Waals surface area contributed by atoms with E-state index in [4.69, 9.17) is 5.14 Å². The van der Waals surface area contributed by atoms with E-state index in [0.29, 0.717) is 10.7 Å². The third-order valence-corrected chi connectivity index (χ3v) is 4.08. The van der Waals surface area contributed by atoms with Crippen molar-refractivity contribution in [2.24, 2.45) is 5.14 Å². The summed E-state index contributed by atoms with van der Waals surface area (Å²) in [6.45, 7) is 0. The smallest absolute Gasteiger partial charge is 0.291 e. The monoisotopic (exact) mass is 251 g/mol. The topological polar surface area (TPSA) is 101 Å². The first-order valence-corrected chi connectivity index (χ1v) is 6.52. The first kappa shape index (κ1) is 9.86. The summed E-state index contributed by atoms with van der Waals surface area (Å²) in [5.74, 6) is 0. The summed E-state index contributed by atoms with van der Waals surface area (Å²) in [5, 5.41) is 14.5. The van der Waals surface area contributed by atoms with E-state index in [2.05, 4.69) is 15.6 Å². The summed E-state index contributed by atoms with van der Waals surface area (Å²) >= 11 is 2.25. The Labute approximate surface area is 88.3 Å². The van der Waals surface area contributed by atoms with Crippen LogP contribution in [0.2, 0.25) is 0 Å². The normalized spacial score (nSPS) is 17.9. The molecule has 1 aliphatic heterocycles. The SMILES string of the molecule is NS(=O)(=O)N1NC(c2nncs2)=CS1. The highest BCUT2D eigenvalue weighted by molar-refractivity contribution is 8.09. The third-order valence-electron chi connectivity index (χ3n) is 1.30. The number of hydrazine groups is 1. The fourth-order valence-electron chi connectivity index (χ4n) is 0.764. The van der Waals surface area contributed by atoms with Crippen molar-refractivity contribution in [2.75, 3.05) is 0 Å². The first-order chi connectivity index (χ1) is 6.57. The molecule has 0 aliphatic carbocycles. The summed E-state index contributed by atoms with van der Waals surface area (Å²) in [5.41, 5.74) is 4.72. The number of rotatable bonds is 2. The highest BCUT2D eigenvalue weighted by atomic mass is 32.3. The molecular formula is C4H5N5O2S3. The Balaban J connectivity index is 2.16. The Bertz CT molecular complexity index is 451. The van der Waals surface area contributed by atoms with Gasteiger partial charge in [-0.15, -0.1) is 10.2 Å². The highest BCUT2D eigenvalue weighted by Gasteiger charge is 2.25. The number of hydrogen-bond acceptors (Lipinski definition) is 7. The minimum Gasteiger partial charge on any atom is -0.291 e. The molecule has 1 aliphatic rings. The molecule has 10 heteroatoms. The van der Waals surface area contributed by atoms with Crippen LogP contribution >= 0.6 is 23.3 Å². The highest BCUT2D eigenvalue weighted by Crippen LogP contribution is 2.27. The molecule has 7 nitrogen and oxygen atoms in total. The molecule has 0 fully saturated rings. The van der Waals surface area contributed by atoms with Gasteiger partial charge < -0.3 is 0 Å². The summed E-state index contributed by atoms with van der Waals surface area (Å²) in [6, 6.07) is 0. The lowest BCUT2D eigenvalue weighted by atomic mass is 10.5. The minimum atomic E-state index is -3.74. The van der Waals surface area contributed by atoms with Gasteiger partial charge in [-0.25, -0.2) is 5.14 Å². The van der Waals surface area contributed by atoms with Gasteiger partial charge in [0.15, 0.2) is 5.01 Å². The van der Waals surface area contributed by atoms with E-state index in [1.807, 2.05) is 0 Å². The van der Waals surface area contributed by atoms with Crippen molar-refractivity contribution >= 4 is 39.2 Å². The van der Waals surface area contributed by atoms with Crippen LogP contribution in [-0.2, 0) is 10.2 Å². The van der Waals surface area contributed by atoms with E-state index in [9.17, 15) is 8.42 Å². The zero-order chi connectivity index (χ0) is 10.2. The maximum Gasteiger partial charge on any atom is 0.304 e. The number of nitrogens with two attached hydrogens (primary N) is 1. The maximum atomic E-state index is 10.9. The van der Waals surface area contributed by atoms with Crippen LogP contribution in [0.5, 0.6) is 0 Å². The molecule has 0 spiro atoms. The molecule has 0 saturated carbocycles. The van der Waals surface area contributed by atoms with Crippen molar-refractivity contribution in [3.63, 3.8) is 0 Å². The second kappa shape index (κ2) is 3.47. The molecule has 0 unspecified atom stereocenters. The third kappa shape index (κ3) is 1.88. The second-order valence-corrected chi connectivity index (χ2v) is 5.54. The molecular weight excluding hydrogens is 246 g/mol. The molecule has 2 heterocycles. The van der Waals surface area contributed by atoms with Gasteiger partial charge in [-0.1, -0.05) is 11.3 Å². The summed E-state index contributed by atoms with van der Waals surface area (Å²) in [4.78, 5) is 0. The predicted octanol–water partition coefficient (Wildman–Crippen LogP) is -0.492. The fourth-order valence-corrected chi connectivity index (χ4v) is 2.71. The average Bonchev–Trinajstić information content (AvgIpc) is 2.73. The van der Waals surface area contributed by atoms with Crippen LogP contribution in [0.4, 0.5) is 0 Å².